The Kier molecular flexibility index (Phi) is 4.04. The summed E-state index contributed by atoms with van der Waals surface area (Å²) in [4.78, 5) is 0. The van der Waals surface area contributed by atoms with Gasteiger partial charge in [-0.3, -0.25) is 0 Å². The fourth-order valence-corrected chi connectivity index (χ4v) is 2.44. The normalized spacial score (nSPS) is 25.6. The van der Waals surface area contributed by atoms with Crippen molar-refractivity contribution in [3.63, 3.8) is 0 Å². The minimum atomic E-state index is 0.275. The van der Waals surface area contributed by atoms with E-state index in [0.717, 1.165) is 5.92 Å². The maximum absolute atomic E-state index is 5.60. The van der Waals surface area contributed by atoms with Crippen molar-refractivity contribution in [1.82, 2.24) is 10.2 Å². The van der Waals surface area contributed by atoms with Crippen LogP contribution in [0.4, 0.5) is 6.01 Å². The molecule has 2 unspecified atom stereocenters. The molecular weight excluding hydrogens is 226 g/mol. The number of anilines is 1. The fourth-order valence-electron chi connectivity index (χ4n) is 2.33. The van der Waals surface area contributed by atoms with Gasteiger partial charge in [-0.25, -0.2) is 0 Å². The Balaban J connectivity index is 1.88. The van der Waals surface area contributed by atoms with Crippen LogP contribution in [0.2, 0.25) is 0 Å². The first-order valence-corrected chi connectivity index (χ1v) is 6.50. The summed E-state index contributed by atoms with van der Waals surface area (Å²) in [5.74, 6) is 1.59. The third-order valence-corrected chi connectivity index (χ3v) is 3.50. The van der Waals surface area contributed by atoms with Gasteiger partial charge in [-0.1, -0.05) is 31.3 Å². The highest BCUT2D eigenvalue weighted by Crippen LogP contribution is 2.28. The van der Waals surface area contributed by atoms with Gasteiger partial charge in [-0.15, -0.1) is 16.7 Å². The van der Waals surface area contributed by atoms with Gasteiger partial charge in [0.15, 0.2) is 0 Å². The third kappa shape index (κ3) is 2.88. The number of nitrogens with zero attached hydrogens (tertiary/aromatic N) is 2. The largest absolute Gasteiger partial charge is 0.407 e. The van der Waals surface area contributed by atoms with Crippen LogP contribution in [-0.2, 0) is 5.88 Å². The van der Waals surface area contributed by atoms with E-state index in [1.54, 1.807) is 0 Å². The van der Waals surface area contributed by atoms with Gasteiger partial charge in [0.25, 0.3) is 0 Å². The number of rotatable bonds is 4. The van der Waals surface area contributed by atoms with Crippen LogP contribution in [0.25, 0.3) is 0 Å². The van der Waals surface area contributed by atoms with Gasteiger partial charge in [-0.05, 0) is 18.8 Å². The van der Waals surface area contributed by atoms with E-state index in [1.165, 1.54) is 32.1 Å². The molecule has 5 heteroatoms. The second kappa shape index (κ2) is 5.53. The maximum Gasteiger partial charge on any atom is 0.315 e. The third-order valence-electron chi connectivity index (χ3n) is 3.27. The summed E-state index contributed by atoms with van der Waals surface area (Å²) in [5.41, 5.74) is 0. The van der Waals surface area contributed by atoms with Crippen LogP contribution >= 0.6 is 11.6 Å². The van der Waals surface area contributed by atoms with Crippen molar-refractivity contribution in [1.29, 1.82) is 0 Å². The summed E-state index contributed by atoms with van der Waals surface area (Å²) in [6.07, 6.45) is 6.29. The molecule has 1 aliphatic carbocycles. The zero-order valence-electron chi connectivity index (χ0n) is 9.58. The van der Waals surface area contributed by atoms with E-state index in [-0.39, 0.29) is 5.88 Å². The Hall–Kier alpha value is -0.770. The van der Waals surface area contributed by atoms with Gasteiger partial charge in [0.05, 0.1) is 0 Å². The molecule has 1 saturated carbocycles. The molecule has 90 valence electrons. The lowest BCUT2D eigenvalue weighted by molar-refractivity contribution is 0.323. The topological polar surface area (TPSA) is 51.0 Å². The first kappa shape index (κ1) is 11.7. The van der Waals surface area contributed by atoms with Crippen molar-refractivity contribution in [2.45, 2.75) is 50.9 Å². The molecular formula is C11H18ClN3O. The van der Waals surface area contributed by atoms with Crippen molar-refractivity contribution in [3.8, 4) is 0 Å². The Morgan fingerprint density at radius 2 is 2.31 bits per heavy atom. The second-order valence-electron chi connectivity index (χ2n) is 4.42. The molecule has 0 spiro atoms. The summed E-state index contributed by atoms with van der Waals surface area (Å²) in [6, 6.07) is 0.986. The lowest BCUT2D eigenvalue weighted by Crippen LogP contribution is -2.27. The van der Waals surface area contributed by atoms with E-state index in [4.69, 9.17) is 16.0 Å². The number of nitrogens with one attached hydrogen (secondary N) is 1. The van der Waals surface area contributed by atoms with Gasteiger partial charge in [-0.2, -0.15) is 0 Å². The van der Waals surface area contributed by atoms with Gasteiger partial charge in [0, 0.05) is 6.04 Å². The molecule has 0 saturated heterocycles. The van der Waals surface area contributed by atoms with Crippen molar-refractivity contribution in [2.24, 2.45) is 5.92 Å². The zero-order valence-corrected chi connectivity index (χ0v) is 10.3. The average molecular weight is 244 g/mol. The van der Waals surface area contributed by atoms with Gasteiger partial charge in [0.2, 0.25) is 5.89 Å². The van der Waals surface area contributed by atoms with Crippen LogP contribution in [0.3, 0.4) is 0 Å². The van der Waals surface area contributed by atoms with Gasteiger partial charge in [0.1, 0.15) is 5.88 Å². The van der Waals surface area contributed by atoms with E-state index < -0.39 is 0 Å². The SMILES string of the molecule is CCC1CCCC(Nc2nnc(CCl)o2)C1. The van der Waals surface area contributed by atoms with E-state index >= 15 is 0 Å². The lowest BCUT2D eigenvalue weighted by Gasteiger charge is -2.28. The van der Waals surface area contributed by atoms with Gasteiger partial charge >= 0.3 is 6.01 Å². The van der Waals surface area contributed by atoms with E-state index in [2.05, 4.69) is 22.4 Å². The van der Waals surface area contributed by atoms with Crippen molar-refractivity contribution in [2.75, 3.05) is 5.32 Å². The summed E-state index contributed by atoms with van der Waals surface area (Å²) in [6.45, 7) is 2.26. The van der Waals surface area contributed by atoms with Crippen LogP contribution < -0.4 is 5.32 Å². The lowest BCUT2D eigenvalue weighted by atomic mass is 9.84. The highest BCUT2D eigenvalue weighted by Gasteiger charge is 2.21. The molecule has 0 radical (unpaired) electrons. The van der Waals surface area contributed by atoms with Crippen LogP contribution in [0.5, 0.6) is 0 Å². The zero-order chi connectivity index (χ0) is 11.4. The first-order chi connectivity index (χ1) is 7.81. The molecule has 1 fully saturated rings. The average Bonchev–Trinajstić information content (AvgIpc) is 2.77. The summed E-state index contributed by atoms with van der Waals surface area (Å²) in [5, 5.41) is 11.0. The molecule has 0 bridgehead atoms. The van der Waals surface area contributed by atoms with Gasteiger partial charge < -0.3 is 9.73 Å². The molecule has 0 amide bonds. The minimum Gasteiger partial charge on any atom is -0.407 e. The Morgan fingerprint density at radius 3 is 3.00 bits per heavy atom. The monoisotopic (exact) mass is 243 g/mol. The van der Waals surface area contributed by atoms with E-state index in [1.807, 2.05) is 0 Å². The quantitative estimate of drug-likeness (QED) is 0.826. The minimum absolute atomic E-state index is 0.275. The molecule has 1 aliphatic rings. The molecule has 0 aromatic carbocycles. The number of alkyl halides is 1. The Bertz CT molecular complexity index is 329. The maximum atomic E-state index is 5.60. The van der Waals surface area contributed by atoms with Crippen molar-refractivity contribution >= 4 is 17.6 Å². The molecule has 2 atom stereocenters. The second-order valence-corrected chi connectivity index (χ2v) is 4.68. The van der Waals surface area contributed by atoms with Crippen LogP contribution in [-0.4, -0.2) is 16.2 Å². The Morgan fingerprint density at radius 1 is 1.44 bits per heavy atom. The molecule has 4 nitrogen and oxygen atoms in total. The molecule has 1 aromatic heterocycles. The standard InChI is InChI=1S/C11H18ClN3O/c1-2-8-4-3-5-9(6-8)13-11-15-14-10(7-12)16-11/h8-9H,2-7H2,1H3,(H,13,15). The molecule has 1 aromatic rings. The van der Waals surface area contributed by atoms with Crippen LogP contribution in [0.15, 0.2) is 4.42 Å². The summed E-state index contributed by atoms with van der Waals surface area (Å²) in [7, 11) is 0. The number of hydrogen-bond acceptors (Lipinski definition) is 4. The number of halogens is 1. The van der Waals surface area contributed by atoms with Crippen LogP contribution in [0.1, 0.15) is 44.9 Å². The first-order valence-electron chi connectivity index (χ1n) is 5.96. The fraction of sp³-hybridized carbons (Fsp3) is 0.818. The van der Waals surface area contributed by atoms with Crippen molar-refractivity contribution in [3.05, 3.63) is 5.89 Å². The number of hydrogen-bond donors (Lipinski definition) is 1. The van der Waals surface area contributed by atoms with Crippen LogP contribution in [0, 0.1) is 5.92 Å². The number of aromatic nitrogens is 2. The predicted molar refractivity (Wildman–Crippen MR) is 63.5 cm³/mol. The molecule has 1 heterocycles. The smallest absolute Gasteiger partial charge is 0.315 e. The molecule has 0 aliphatic heterocycles. The highest BCUT2D eigenvalue weighted by atomic mass is 35.5. The van der Waals surface area contributed by atoms with Crippen molar-refractivity contribution < 1.29 is 4.42 Å². The summed E-state index contributed by atoms with van der Waals surface area (Å²) >= 11 is 5.60. The van der Waals surface area contributed by atoms with E-state index in [9.17, 15) is 0 Å². The van der Waals surface area contributed by atoms with E-state index in [0.29, 0.717) is 17.9 Å². The molecule has 2 rings (SSSR count). The Labute approximate surface area is 101 Å². The highest BCUT2D eigenvalue weighted by molar-refractivity contribution is 6.16. The molecule has 1 N–H and O–H groups in total. The summed E-state index contributed by atoms with van der Waals surface area (Å²) < 4.78 is 5.34. The molecule has 16 heavy (non-hydrogen) atoms. The predicted octanol–water partition coefficient (Wildman–Crippen LogP) is 3.19.